The van der Waals surface area contributed by atoms with E-state index in [-0.39, 0.29) is 0 Å². The highest BCUT2D eigenvalue weighted by Crippen LogP contribution is 2.54. The van der Waals surface area contributed by atoms with Crippen molar-refractivity contribution in [3.63, 3.8) is 0 Å². The molecular weight excluding hydrogens is 608 g/mol. The molecule has 1 aliphatic rings. The SMILES string of the molecule is ClC1=C(Cc2ccccc2)C(Cl)(Cl)C(Cc2cccc(Cl)c2Cl)C(Cl)=C1Cc1c(Cl)cccc1Cl. The molecule has 0 N–H and O–H groups in total. The van der Waals surface area contributed by atoms with E-state index in [1.807, 2.05) is 42.5 Å². The molecule has 4 rings (SSSR count). The lowest BCUT2D eigenvalue weighted by atomic mass is 9.81. The Hall–Kier alpha value is -0.540. The molecule has 35 heavy (non-hydrogen) atoms. The maximum atomic E-state index is 7.09. The molecular formula is C27H18Cl8. The van der Waals surface area contributed by atoms with Crippen molar-refractivity contribution in [2.75, 3.05) is 0 Å². The fourth-order valence-electron chi connectivity index (χ4n) is 4.19. The van der Waals surface area contributed by atoms with Crippen molar-refractivity contribution in [2.45, 2.75) is 23.6 Å². The van der Waals surface area contributed by atoms with E-state index < -0.39 is 10.3 Å². The van der Waals surface area contributed by atoms with Gasteiger partial charge >= 0.3 is 0 Å². The highest BCUT2D eigenvalue weighted by atomic mass is 35.5. The summed E-state index contributed by atoms with van der Waals surface area (Å²) in [7, 11) is 0. The van der Waals surface area contributed by atoms with Crippen molar-refractivity contribution in [3.8, 4) is 0 Å². The Morgan fingerprint density at radius 3 is 1.91 bits per heavy atom. The van der Waals surface area contributed by atoms with Gasteiger partial charge in [0.15, 0.2) is 0 Å². The molecule has 0 aromatic heterocycles. The lowest BCUT2D eigenvalue weighted by molar-refractivity contribution is 0.570. The van der Waals surface area contributed by atoms with Crippen LogP contribution in [-0.4, -0.2) is 4.33 Å². The third kappa shape index (κ3) is 5.82. The van der Waals surface area contributed by atoms with Crippen LogP contribution < -0.4 is 0 Å². The average Bonchev–Trinajstić information content (AvgIpc) is 2.82. The normalized spacial score (nSPS) is 17.8. The molecule has 0 nitrogen and oxygen atoms in total. The number of hydrogen-bond donors (Lipinski definition) is 0. The molecule has 0 aliphatic heterocycles. The van der Waals surface area contributed by atoms with Crippen molar-refractivity contribution in [1.29, 1.82) is 0 Å². The maximum Gasteiger partial charge on any atom is 0.149 e. The van der Waals surface area contributed by atoms with E-state index in [1.54, 1.807) is 24.3 Å². The summed E-state index contributed by atoms with van der Waals surface area (Å²) in [5.41, 5.74) is 3.84. The summed E-state index contributed by atoms with van der Waals surface area (Å²) >= 11 is 53.9. The average molecular weight is 626 g/mol. The highest BCUT2D eigenvalue weighted by molar-refractivity contribution is 6.53. The monoisotopic (exact) mass is 622 g/mol. The Labute approximate surface area is 245 Å². The van der Waals surface area contributed by atoms with Gasteiger partial charge in [0.1, 0.15) is 4.33 Å². The van der Waals surface area contributed by atoms with Crippen molar-refractivity contribution in [2.24, 2.45) is 5.92 Å². The molecule has 0 fully saturated rings. The minimum Gasteiger partial charge on any atom is -0.0959 e. The molecule has 0 radical (unpaired) electrons. The fourth-order valence-corrected chi connectivity index (χ4v) is 6.86. The largest absolute Gasteiger partial charge is 0.149 e. The second-order valence-corrected chi connectivity index (χ2v) is 12.0. The first kappa shape index (κ1) is 27.5. The van der Waals surface area contributed by atoms with E-state index in [2.05, 4.69) is 0 Å². The molecule has 1 atom stereocenters. The molecule has 8 heteroatoms. The molecule has 3 aromatic rings. The molecule has 3 aromatic carbocycles. The first-order valence-electron chi connectivity index (χ1n) is 10.7. The van der Waals surface area contributed by atoms with E-state index in [9.17, 15) is 0 Å². The minimum absolute atomic E-state index is 0.318. The molecule has 1 aliphatic carbocycles. The van der Waals surface area contributed by atoms with E-state index in [4.69, 9.17) is 92.8 Å². The maximum absolute atomic E-state index is 7.09. The number of allylic oxidation sites excluding steroid dienone is 4. The van der Waals surface area contributed by atoms with Crippen LogP contribution in [0.25, 0.3) is 0 Å². The Bertz CT molecular complexity index is 1290. The number of alkyl halides is 2. The fraction of sp³-hybridized carbons (Fsp3) is 0.185. The number of hydrogen-bond acceptors (Lipinski definition) is 0. The van der Waals surface area contributed by atoms with E-state index in [1.165, 1.54) is 0 Å². The minimum atomic E-state index is -1.40. The van der Waals surface area contributed by atoms with Gasteiger partial charge in [-0.1, -0.05) is 141 Å². The van der Waals surface area contributed by atoms with E-state index in [0.29, 0.717) is 60.6 Å². The van der Waals surface area contributed by atoms with Gasteiger partial charge < -0.3 is 0 Å². The number of rotatable bonds is 6. The third-order valence-electron chi connectivity index (χ3n) is 6.06. The summed E-state index contributed by atoms with van der Waals surface area (Å²) in [5.74, 6) is -0.541. The molecule has 0 amide bonds. The van der Waals surface area contributed by atoms with Crippen molar-refractivity contribution in [1.82, 2.24) is 0 Å². The Kier molecular flexibility index (Phi) is 9.00. The number of halogens is 8. The lowest BCUT2D eigenvalue weighted by Crippen LogP contribution is -2.36. The standard InChI is InChI=1S/C27H18Cl8/c28-21-9-5-10-22(29)17(21)14-18-25(32)19(12-15-6-2-1-3-7-15)27(34,35)20(26(18)33)13-16-8-4-11-23(30)24(16)31/h1-11,20H,12-14H2. The van der Waals surface area contributed by atoms with Crippen LogP contribution in [0.4, 0.5) is 0 Å². The van der Waals surface area contributed by atoms with Crippen LogP contribution in [0, 0.1) is 5.92 Å². The molecule has 1 unspecified atom stereocenters. The van der Waals surface area contributed by atoms with Gasteiger partial charge in [-0.15, -0.1) is 0 Å². The zero-order valence-corrected chi connectivity index (χ0v) is 24.1. The Morgan fingerprint density at radius 2 is 1.26 bits per heavy atom. The van der Waals surface area contributed by atoms with Crippen LogP contribution in [0.3, 0.4) is 0 Å². The van der Waals surface area contributed by atoms with Gasteiger partial charge in [-0.3, -0.25) is 0 Å². The van der Waals surface area contributed by atoms with Gasteiger partial charge in [-0.25, -0.2) is 0 Å². The predicted molar refractivity (Wildman–Crippen MR) is 154 cm³/mol. The summed E-state index contributed by atoms with van der Waals surface area (Å²) in [6.07, 6.45) is 1.11. The predicted octanol–water partition coefficient (Wildman–Crippen LogP) is 11.1. The summed E-state index contributed by atoms with van der Waals surface area (Å²) in [6, 6.07) is 20.6. The Balaban J connectivity index is 1.86. The summed E-state index contributed by atoms with van der Waals surface area (Å²) < 4.78 is -1.40. The topological polar surface area (TPSA) is 0 Å². The van der Waals surface area contributed by atoms with Gasteiger partial charge in [0, 0.05) is 32.4 Å². The van der Waals surface area contributed by atoms with Gasteiger partial charge in [0.05, 0.1) is 10.0 Å². The van der Waals surface area contributed by atoms with Crippen LogP contribution in [0.1, 0.15) is 16.7 Å². The van der Waals surface area contributed by atoms with Gasteiger partial charge in [0.25, 0.3) is 0 Å². The van der Waals surface area contributed by atoms with Crippen LogP contribution in [0.15, 0.2) is 87.9 Å². The highest BCUT2D eigenvalue weighted by Gasteiger charge is 2.46. The lowest BCUT2D eigenvalue weighted by Gasteiger charge is -2.38. The van der Waals surface area contributed by atoms with Crippen LogP contribution in [0.5, 0.6) is 0 Å². The van der Waals surface area contributed by atoms with Gasteiger partial charge in [0.2, 0.25) is 0 Å². The van der Waals surface area contributed by atoms with Gasteiger partial charge in [-0.05, 0) is 58.9 Å². The zero-order valence-electron chi connectivity index (χ0n) is 18.1. The third-order valence-corrected chi connectivity index (χ3v) is 9.56. The van der Waals surface area contributed by atoms with Crippen molar-refractivity contribution >= 4 is 92.8 Å². The quantitative estimate of drug-likeness (QED) is 0.239. The summed E-state index contributed by atoms with van der Waals surface area (Å²) in [4.78, 5) is 0. The van der Waals surface area contributed by atoms with E-state index >= 15 is 0 Å². The summed E-state index contributed by atoms with van der Waals surface area (Å²) in [5, 5.41) is 2.76. The first-order valence-corrected chi connectivity index (χ1v) is 13.7. The van der Waals surface area contributed by atoms with Crippen LogP contribution in [-0.2, 0) is 19.3 Å². The molecule has 0 spiro atoms. The Morgan fingerprint density at radius 1 is 0.657 bits per heavy atom. The smallest absolute Gasteiger partial charge is 0.0959 e. The van der Waals surface area contributed by atoms with Crippen LogP contribution >= 0.6 is 92.8 Å². The second-order valence-electron chi connectivity index (χ2n) is 8.25. The molecule has 0 bridgehead atoms. The number of benzene rings is 3. The van der Waals surface area contributed by atoms with Crippen molar-refractivity contribution in [3.05, 3.63) is 125 Å². The molecule has 0 heterocycles. The molecule has 0 saturated heterocycles. The van der Waals surface area contributed by atoms with Gasteiger partial charge in [-0.2, -0.15) is 0 Å². The van der Waals surface area contributed by atoms with Crippen molar-refractivity contribution < 1.29 is 0 Å². The van der Waals surface area contributed by atoms with E-state index in [0.717, 1.165) is 16.7 Å². The molecule has 182 valence electrons. The second kappa shape index (κ2) is 11.5. The van der Waals surface area contributed by atoms with Crippen LogP contribution in [0.2, 0.25) is 20.1 Å². The first-order chi connectivity index (χ1) is 16.6. The zero-order chi connectivity index (χ0) is 25.3. The molecule has 0 saturated carbocycles. The summed E-state index contributed by atoms with van der Waals surface area (Å²) in [6.45, 7) is 0.